The highest BCUT2D eigenvalue weighted by Gasteiger charge is 2.36. The number of nitrogens with zero attached hydrogens (tertiary/aromatic N) is 1. The number of anilines is 1. The van der Waals surface area contributed by atoms with Crippen LogP contribution in [0.5, 0.6) is 0 Å². The molecule has 1 aromatic carbocycles. The molecule has 0 amide bonds. The first-order chi connectivity index (χ1) is 8.03. The Bertz CT molecular complexity index is 495. The molecule has 1 aliphatic rings. The van der Waals surface area contributed by atoms with Crippen molar-refractivity contribution >= 4 is 15.7 Å². The number of nitrogens with two attached hydrogens (primary N) is 1. The van der Waals surface area contributed by atoms with E-state index in [1.54, 1.807) is 17.3 Å². The van der Waals surface area contributed by atoms with Gasteiger partial charge in [0.2, 0.25) is 10.0 Å². The average molecular weight is 254 g/mol. The van der Waals surface area contributed by atoms with E-state index >= 15 is 0 Å². The van der Waals surface area contributed by atoms with Gasteiger partial charge >= 0.3 is 0 Å². The smallest absolute Gasteiger partial charge is 0.214 e. The molecule has 0 heterocycles. The molecule has 0 bridgehead atoms. The highest BCUT2D eigenvalue weighted by Crippen LogP contribution is 2.31. The molecule has 1 fully saturated rings. The third kappa shape index (κ3) is 2.98. The lowest BCUT2D eigenvalue weighted by molar-refractivity contribution is 0.399. The first-order valence-electron chi connectivity index (χ1n) is 5.87. The first kappa shape index (κ1) is 12.4. The molecule has 17 heavy (non-hydrogen) atoms. The van der Waals surface area contributed by atoms with E-state index in [0.717, 1.165) is 18.4 Å². The summed E-state index contributed by atoms with van der Waals surface area (Å²) >= 11 is 0. The summed E-state index contributed by atoms with van der Waals surface area (Å²) in [6.45, 7) is 2.12. The Balaban J connectivity index is 2.19. The lowest BCUT2D eigenvalue weighted by atomic mass is 10.2. The Kier molecular flexibility index (Phi) is 3.40. The summed E-state index contributed by atoms with van der Waals surface area (Å²) in [5.41, 5.74) is 7.33. The number of benzene rings is 1. The maximum Gasteiger partial charge on any atom is 0.214 e. The van der Waals surface area contributed by atoms with Crippen molar-refractivity contribution in [3.8, 4) is 0 Å². The largest absolute Gasteiger partial charge is 0.399 e. The molecule has 0 radical (unpaired) electrons. The third-order valence-corrected chi connectivity index (χ3v) is 4.84. The number of sulfonamides is 1. The second-order valence-corrected chi connectivity index (χ2v) is 6.63. The molecule has 2 N–H and O–H groups in total. The van der Waals surface area contributed by atoms with Gasteiger partial charge < -0.3 is 5.73 Å². The maximum absolute atomic E-state index is 12.0. The van der Waals surface area contributed by atoms with Crippen molar-refractivity contribution in [3.63, 3.8) is 0 Å². The van der Waals surface area contributed by atoms with E-state index in [0.29, 0.717) is 12.2 Å². The zero-order valence-corrected chi connectivity index (χ0v) is 10.8. The van der Waals surface area contributed by atoms with Crippen LogP contribution in [0, 0.1) is 0 Å². The summed E-state index contributed by atoms with van der Waals surface area (Å²) in [7, 11) is -3.12. The summed E-state index contributed by atoms with van der Waals surface area (Å²) in [6.07, 6.45) is 1.95. The molecule has 0 aromatic heterocycles. The van der Waals surface area contributed by atoms with Crippen LogP contribution < -0.4 is 5.73 Å². The van der Waals surface area contributed by atoms with Crippen LogP contribution >= 0.6 is 0 Å². The standard InChI is InChI=1S/C12H18N2O2S/c1-2-17(15,16)14(12-6-7-12)9-10-4-3-5-11(13)8-10/h3-5,8,12H,2,6-7,9,13H2,1H3. The number of nitrogen functional groups attached to an aromatic ring is 1. The Labute approximate surface area is 102 Å². The maximum atomic E-state index is 12.0. The summed E-state index contributed by atoms with van der Waals surface area (Å²) in [6, 6.07) is 7.60. The molecule has 0 spiro atoms. The molecule has 0 aliphatic heterocycles. The number of hydrogen-bond donors (Lipinski definition) is 1. The van der Waals surface area contributed by atoms with Crippen LogP contribution in [0.2, 0.25) is 0 Å². The fourth-order valence-electron chi connectivity index (χ4n) is 1.85. The summed E-state index contributed by atoms with van der Waals surface area (Å²) in [4.78, 5) is 0. The molecular formula is C12H18N2O2S. The van der Waals surface area contributed by atoms with Crippen LogP contribution in [0.3, 0.4) is 0 Å². The van der Waals surface area contributed by atoms with Gasteiger partial charge in [0.15, 0.2) is 0 Å². The minimum absolute atomic E-state index is 0.159. The SMILES string of the molecule is CCS(=O)(=O)N(Cc1cccc(N)c1)C1CC1. The predicted molar refractivity (Wildman–Crippen MR) is 68.9 cm³/mol. The van der Waals surface area contributed by atoms with Crippen molar-refractivity contribution in [2.24, 2.45) is 0 Å². The lowest BCUT2D eigenvalue weighted by Crippen LogP contribution is -2.33. The fourth-order valence-corrected chi connectivity index (χ4v) is 3.20. The van der Waals surface area contributed by atoms with E-state index in [9.17, 15) is 8.42 Å². The van der Waals surface area contributed by atoms with Gasteiger partial charge in [-0.15, -0.1) is 0 Å². The minimum atomic E-state index is -3.12. The van der Waals surface area contributed by atoms with Crippen molar-refractivity contribution in [1.29, 1.82) is 0 Å². The Morgan fingerprint density at radius 1 is 1.41 bits per heavy atom. The summed E-state index contributed by atoms with van der Waals surface area (Å²) in [5, 5.41) is 0. The Morgan fingerprint density at radius 2 is 2.12 bits per heavy atom. The molecule has 4 nitrogen and oxygen atoms in total. The van der Waals surface area contributed by atoms with E-state index in [-0.39, 0.29) is 11.8 Å². The van der Waals surface area contributed by atoms with Gasteiger partial charge in [0.1, 0.15) is 0 Å². The molecule has 0 unspecified atom stereocenters. The van der Waals surface area contributed by atoms with Gasteiger partial charge in [-0.25, -0.2) is 8.42 Å². The zero-order chi connectivity index (χ0) is 12.5. The molecule has 0 atom stereocenters. The van der Waals surface area contributed by atoms with Gasteiger partial charge in [-0.3, -0.25) is 0 Å². The Hall–Kier alpha value is -1.07. The number of hydrogen-bond acceptors (Lipinski definition) is 3. The molecular weight excluding hydrogens is 236 g/mol. The van der Waals surface area contributed by atoms with Gasteiger partial charge in [-0.2, -0.15) is 4.31 Å². The first-order valence-corrected chi connectivity index (χ1v) is 7.48. The third-order valence-electron chi connectivity index (χ3n) is 2.97. The number of rotatable bonds is 5. The van der Waals surface area contributed by atoms with Crippen LogP contribution in [0.25, 0.3) is 0 Å². The highest BCUT2D eigenvalue weighted by atomic mass is 32.2. The van der Waals surface area contributed by atoms with Crippen LogP contribution in [0.1, 0.15) is 25.3 Å². The van der Waals surface area contributed by atoms with Crippen molar-refractivity contribution in [3.05, 3.63) is 29.8 Å². The van der Waals surface area contributed by atoms with Crippen LogP contribution in [0.4, 0.5) is 5.69 Å². The van der Waals surface area contributed by atoms with Crippen molar-refractivity contribution in [2.75, 3.05) is 11.5 Å². The molecule has 2 rings (SSSR count). The van der Waals surface area contributed by atoms with E-state index in [1.807, 2.05) is 18.2 Å². The van der Waals surface area contributed by atoms with Gasteiger partial charge in [0.25, 0.3) is 0 Å². The average Bonchev–Trinajstić information content (AvgIpc) is 3.10. The van der Waals surface area contributed by atoms with E-state index in [2.05, 4.69) is 0 Å². The quantitative estimate of drug-likeness (QED) is 0.811. The van der Waals surface area contributed by atoms with Crippen molar-refractivity contribution in [2.45, 2.75) is 32.4 Å². The monoisotopic (exact) mass is 254 g/mol. The van der Waals surface area contributed by atoms with Crippen LogP contribution in [-0.4, -0.2) is 24.5 Å². The van der Waals surface area contributed by atoms with Gasteiger partial charge in [0, 0.05) is 18.3 Å². The summed E-state index contributed by atoms with van der Waals surface area (Å²) in [5.74, 6) is 0.159. The predicted octanol–water partition coefficient (Wildman–Crippen LogP) is 1.58. The zero-order valence-electron chi connectivity index (χ0n) is 9.96. The van der Waals surface area contributed by atoms with Gasteiger partial charge in [0.05, 0.1) is 5.75 Å². The highest BCUT2D eigenvalue weighted by molar-refractivity contribution is 7.89. The summed E-state index contributed by atoms with van der Waals surface area (Å²) < 4.78 is 25.5. The van der Waals surface area contributed by atoms with Gasteiger partial charge in [-0.05, 0) is 37.5 Å². The van der Waals surface area contributed by atoms with Crippen molar-refractivity contribution < 1.29 is 8.42 Å². The molecule has 1 aliphatic carbocycles. The minimum Gasteiger partial charge on any atom is -0.399 e. The van der Waals surface area contributed by atoms with Crippen LogP contribution in [-0.2, 0) is 16.6 Å². The molecule has 94 valence electrons. The Morgan fingerprint density at radius 3 is 2.65 bits per heavy atom. The molecule has 0 saturated heterocycles. The van der Waals surface area contributed by atoms with Gasteiger partial charge in [-0.1, -0.05) is 12.1 Å². The molecule has 1 aromatic rings. The topological polar surface area (TPSA) is 63.4 Å². The normalized spacial score (nSPS) is 16.4. The second kappa shape index (κ2) is 4.66. The van der Waals surface area contributed by atoms with E-state index in [1.165, 1.54) is 0 Å². The second-order valence-electron chi connectivity index (χ2n) is 4.42. The molecule has 5 heteroatoms. The van der Waals surface area contributed by atoms with E-state index < -0.39 is 10.0 Å². The van der Waals surface area contributed by atoms with Crippen LogP contribution in [0.15, 0.2) is 24.3 Å². The lowest BCUT2D eigenvalue weighted by Gasteiger charge is -2.21. The fraction of sp³-hybridized carbons (Fsp3) is 0.500. The van der Waals surface area contributed by atoms with Crippen molar-refractivity contribution in [1.82, 2.24) is 4.31 Å². The van der Waals surface area contributed by atoms with E-state index in [4.69, 9.17) is 5.73 Å². The molecule has 1 saturated carbocycles.